The monoisotopic (exact) mass is 363 g/mol. The molecule has 5 nitrogen and oxygen atoms in total. The minimum absolute atomic E-state index is 0. The van der Waals surface area contributed by atoms with Crippen molar-refractivity contribution in [2.45, 2.75) is 19.9 Å². The Morgan fingerprint density at radius 3 is 2.55 bits per heavy atom. The van der Waals surface area contributed by atoms with E-state index in [2.05, 4.69) is 21.2 Å². The molecule has 0 saturated heterocycles. The van der Waals surface area contributed by atoms with Crippen LogP contribution in [0.25, 0.3) is 0 Å². The smallest absolute Gasteiger partial charge is 0.254 e. The fourth-order valence-corrected chi connectivity index (χ4v) is 1.94. The van der Waals surface area contributed by atoms with E-state index in [0.29, 0.717) is 17.8 Å². The van der Waals surface area contributed by atoms with E-state index < -0.39 is 6.04 Å². The molecule has 0 bridgehead atoms. The zero-order valence-electron chi connectivity index (χ0n) is 11.6. The van der Waals surface area contributed by atoms with Gasteiger partial charge in [-0.3, -0.25) is 9.59 Å². The van der Waals surface area contributed by atoms with Gasteiger partial charge >= 0.3 is 0 Å². The molecule has 0 heterocycles. The Morgan fingerprint density at radius 2 is 2.05 bits per heavy atom. The molecule has 1 aromatic rings. The summed E-state index contributed by atoms with van der Waals surface area (Å²) in [7, 11) is 1.69. The first-order valence-electron chi connectivity index (χ1n) is 5.97. The van der Waals surface area contributed by atoms with E-state index in [1.165, 1.54) is 0 Å². The van der Waals surface area contributed by atoms with Crippen molar-refractivity contribution in [2.24, 2.45) is 0 Å². The number of carbonyl (C=O) groups excluding carboxylic acids is 2. The van der Waals surface area contributed by atoms with Gasteiger partial charge in [0.2, 0.25) is 5.91 Å². The molecule has 7 heteroatoms. The van der Waals surface area contributed by atoms with Crippen LogP contribution >= 0.6 is 28.3 Å². The zero-order chi connectivity index (χ0) is 14.6. The molecular formula is C13H19BrClN3O2. The highest BCUT2D eigenvalue weighted by Gasteiger charge is 2.20. The first-order chi connectivity index (χ1) is 8.86. The molecule has 112 valence electrons. The van der Waals surface area contributed by atoms with E-state index in [4.69, 9.17) is 5.73 Å². The third-order valence-electron chi connectivity index (χ3n) is 2.83. The van der Waals surface area contributed by atoms with E-state index in [1.54, 1.807) is 37.1 Å². The minimum Gasteiger partial charge on any atom is -0.398 e. The summed E-state index contributed by atoms with van der Waals surface area (Å²) in [6, 6.07) is 4.42. The highest BCUT2D eigenvalue weighted by Crippen LogP contribution is 2.18. The number of benzene rings is 1. The molecule has 2 amide bonds. The van der Waals surface area contributed by atoms with Gasteiger partial charge in [0, 0.05) is 23.8 Å². The summed E-state index contributed by atoms with van der Waals surface area (Å²) in [4.78, 5) is 25.4. The molecular weight excluding hydrogens is 346 g/mol. The van der Waals surface area contributed by atoms with E-state index in [0.717, 1.165) is 4.47 Å². The van der Waals surface area contributed by atoms with E-state index in [-0.39, 0.29) is 24.2 Å². The van der Waals surface area contributed by atoms with Crippen molar-refractivity contribution in [1.82, 2.24) is 10.2 Å². The Hall–Kier alpha value is -1.27. The number of nitrogen functional groups attached to an aromatic ring is 1. The van der Waals surface area contributed by atoms with Crippen LogP contribution in [-0.2, 0) is 4.79 Å². The summed E-state index contributed by atoms with van der Waals surface area (Å²) in [5.74, 6) is -0.484. The average molecular weight is 365 g/mol. The fraction of sp³-hybridized carbons (Fsp3) is 0.385. The first kappa shape index (κ1) is 18.7. The predicted octanol–water partition coefficient (Wildman–Crippen LogP) is 2.05. The molecule has 1 aromatic carbocycles. The lowest BCUT2D eigenvalue weighted by Gasteiger charge is -2.20. The first-order valence-corrected chi connectivity index (χ1v) is 6.77. The standard InChI is InChI=1S/C13H18BrN3O2.ClH/c1-4-17(3)13(19)8(2)16-12(18)10-6-5-9(14)7-11(10)15;/h5-8H,4,15H2,1-3H3,(H,16,18);1H. The van der Waals surface area contributed by atoms with Crippen molar-refractivity contribution in [3.05, 3.63) is 28.2 Å². The molecule has 3 N–H and O–H groups in total. The van der Waals surface area contributed by atoms with Crippen molar-refractivity contribution in [3.8, 4) is 0 Å². The lowest BCUT2D eigenvalue weighted by Crippen LogP contribution is -2.45. The summed E-state index contributed by atoms with van der Waals surface area (Å²) in [5, 5.41) is 2.65. The summed E-state index contributed by atoms with van der Waals surface area (Å²) in [5.41, 5.74) is 6.51. The lowest BCUT2D eigenvalue weighted by molar-refractivity contribution is -0.131. The molecule has 0 aliphatic rings. The molecule has 0 aliphatic heterocycles. The lowest BCUT2D eigenvalue weighted by atomic mass is 10.1. The van der Waals surface area contributed by atoms with Crippen LogP contribution in [0.3, 0.4) is 0 Å². The molecule has 0 radical (unpaired) electrons. The van der Waals surface area contributed by atoms with Crippen molar-refractivity contribution < 1.29 is 9.59 Å². The van der Waals surface area contributed by atoms with Crippen molar-refractivity contribution in [3.63, 3.8) is 0 Å². The molecule has 1 rings (SSSR count). The van der Waals surface area contributed by atoms with Gasteiger partial charge in [0.15, 0.2) is 0 Å². The van der Waals surface area contributed by atoms with Gasteiger partial charge in [0.25, 0.3) is 5.91 Å². The van der Waals surface area contributed by atoms with Crippen LogP contribution in [0.4, 0.5) is 5.69 Å². The van der Waals surface area contributed by atoms with Crippen LogP contribution < -0.4 is 11.1 Å². The largest absolute Gasteiger partial charge is 0.398 e. The Bertz CT molecular complexity index is 497. The number of nitrogens with two attached hydrogens (primary N) is 1. The fourth-order valence-electron chi connectivity index (χ4n) is 1.56. The summed E-state index contributed by atoms with van der Waals surface area (Å²) >= 11 is 3.28. The number of carbonyl (C=O) groups is 2. The zero-order valence-corrected chi connectivity index (χ0v) is 14.0. The van der Waals surface area contributed by atoms with Crippen molar-refractivity contribution >= 4 is 45.8 Å². The van der Waals surface area contributed by atoms with Gasteiger partial charge < -0.3 is 16.0 Å². The number of anilines is 1. The van der Waals surface area contributed by atoms with Gasteiger partial charge in [0.05, 0.1) is 5.56 Å². The van der Waals surface area contributed by atoms with Crippen LogP contribution in [-0.4, -0.2) is 36.3 Å². The Kier molecular flexibility index (Phi) is 7.60. The molecule has 0 saturated carbocycles. The maximum Gasteiger partial charge on any atom is 0.254 e. The van der Waals surface area contributed by atoms with Crippen LogP contribution in [0.1, 0.15) is 24.2 Å². The van der Waals surface area contributed by atoms with Gasteiger partial charge in [-0.15, -0.1) is 12.4 Å². The number of amides is 2. The Balaban J connectivity index is 0.00000361. The summed E-state index contributed by atoms with van der Waals surface area (Å²) in [6.45, 7) is 4.13. The van der Waals surface area contributed by atoms with Crippen molar-refractivity contribution in [2.75, 3.05) is 19.3 Å². The number of nitrogens with one attached hydrogen (secondary N) is 1. The second kappa shape index (κ2) is 8.11. The van der Waals surface area contributed by atoms with E-state index in [1.807, 2.05) is 6.92 Å². The molecule has 0 aromatic heterocycles. The second-order valence-corrected chi connectivity index (χ2v) is 5.19. The molecule has 1 atom stereocenters. The Morgan fingerprint density at radius 1 is 1.45 bits per heavy atom. The third kappa shape index (κ3) is 4.68. The minimum atomic E-state index is -0.583. The second-order valence-electron chi connectivity index (χ2n) is 4.28. The third-order valence-corrected chi connectivity index (χ3v) is 3.32. The number of hydrogen-bond donors (Lipinski definition) is 2. The van der Waals surface area contributed by atoms with Crippen LogP contribution in [0.2, 0.25) is 0 Å². The predicted molar refractivity (Wildman–Crippen MR) is 86.0 cm³/mol. The quantitative estimate of drug-likeness (QED) is 0.803. The van der Waals surface area contributed by atoms with Crippen LogP contribution in [0.5, 0.6) is 0 Å². The van der Waals surface area contributed by atoms with Gasteiger partial charge in [-0.05, 0) is 32.0 Å². The van der Waals surface area contributed by atoms with Gasteiger partial charge in [0.1, 0.15) is 6.04 Å². The molecule has 1 unspecified atom stereocenters. The number of halogens is 2. The van der Waals surface area contributed by atoms with E-state index >= 15 is 0 Å². The maximum atomic E-state index is 12.0. The van der Waals surface area contributed by atoms with Crippen LogP contribution in [0.15, 0.2) is 22.7 Å². The summed E-state index contributed by atoms with van der Waals surface area (Å²) < 4.78 is 0.802. The normalized spacial score (nSPS) is 11.2. The van der Waals surface area contributed by atoms with Gasteiger partial charge in [-0.25, -0.2) is 0 Å². The molecule has 20 heavy (non-hydrogen) atoms. The SMILES string of the molecule is CCN(C)C(=O)C(C)NC(=O)c1ccc(Br)cc1N.Cl. The summed E-state index contributed by atoms with van der Waals surface area (Å²) in [6.07, 6.45) is 0. The highest BCUT2D eigenvalue weighted by atomic mass is 79.9. The number of likely N-dealkylation sites (N-methyl/N-ethyl adjacent to an activating group) is 1. The topological polar surface area (TPSA) is 75.4 Å². The number of hydrogen-bond acceptors (Lipinski definition) is 3. The highest BCUT2D eigenvalue weighted by molar-refractivity contribution is 9.10. The number of rotatable bonds is 4. The molecule has 0 aliphatic carbocycles. The van der Waals surface area contributed by atoms with E-state index in [9.17, 15) is 9.59 Å². The van der Waals surface area contributed by atoms with Crippen molar-refractivity contribution in [1.29, 1.82) is 0 Å². The molecule has 0 fully saturated rings. The maximum absolute atomic E-state index is 12.0. The van der Waals surface area contributed by atoms with Crippen LogP contribution in [0, 0.1) is 0 Å². The van der Waals surface area contributed by atoms with Gasteiger partial charge in [-0.1, -0.05) is 15.9 Å². The van der Waals surface area contributed by atoms with Gasteiger partial charge in [-0.2, -0.15) is 0 Å². The Labute approximate surface area is 133 Å². The average Bonchev–Trinajstić information content (AvgIpc) is 2.36. The molecule has 0 spiro atoms. The number of nitrogens with zero attached hydrogens (tertiary/aromatic N) is 1.